The van der Waals surface area contributed by atoms with Crippen LogP contribution in [0.1, 0.15) is 32.6 Å². The molecule has 0 bridgehead atoms. The molecular formula is C22H30FNO7. The van der Waals surface area contributed by atoms with Crippen molar-refractivity contribution in [2.45, 2.75) is 50.6 Å². The lowest BCUT2D eigenvalue weighted by atomic mass is 9.98. The van der Waals surface area contributed by atoms with Gasteiger partial charge in [0.25, 0.3) is 0 Å². The van der Waals surface area contributed by atoms with Gasteiger partial charge >= 0.3 is 11.9 Å². The number of nitrogens with zero attached hydrogens (tertiary/aromatic N) is 1. The van der Waals surface area contributed by atoms with Crippen LogP contribution in [0.4, 0.5) is 10.1 Å². The van der Waals surface area contributed by atoms with Crippen LogP contribution in [0, 0.1) is 11.7 Å². The van der Waals surface area contributed by atoms with Crippen molar-refractivity contribution in [2.75, 3.05) is 38.3 Å². The van der Waals surface area contributed by atoms with Crippen LogP contribution < -0.4 is 4.90 Å². The minimum atomic E-state index is -1.04. The molecule has 9 heteroatoms. The molecule has 2 saturated heterocycles. The van der Waals surface area contributed by atoms with Crippen molar-refractivity contribution < 1.29 is 38.0 Å². The van der Waals surface area contributed by atoms with Gasteiger partial charge in [0, 0.05) is 39.0 Å². The van der Waals surface area contributed by atoms with Gasteiger partial charge in [-0.25, -0.2) is 4.39 Å². The number of carbonyl (C=O) groups excluding carboxylic acids is 1. The molecule has 0 saturated carbocycles. The van der Waals surface area contributed by atoms with Crippen LogP contribution in [0.3, 0.4) is 0 Å². The summed E-state index contributed by atoms with van der Waals surface area (Å²) in [5, 5.41) is 8.63. The summed E-state index contributed by atoms with van der Waals surface area (Å²) in [6.07, 6.45) is 0.174. The summed E-state index contributed by atoms with van der Waals surface area (Å²) in [5.41, 5.74) is 0.578. The molecule has 1 aromatic rings. The van der Waals surface area contributed by atoms with Crippen molar-refractivity contribution in [1.82, 2.24) is 0 Å². The maximum atomic E-state index is 14.1. The Labute approximate surface area is 181 Å². The van der Waals surface area contributed by atoms with E-state index in [1.807, 2.05) is 17.9 Å². The molecule has 3 unspecified atom stereocenters. The van der Waals surface area contributed by atoms with Crippen LogP contribution >= 0.6 is 0 Å². The first-order valence-corrected chi connectivity index (χ1v) is 10.5. The molecule has 3 atom stereocenters. The van der Waals surface area contributed by atoms with Crippen molar-refractivity contribution in [1.29, 1.82) is 0 Å². The number of hydrogen-bond acceptors (Lipinski definition) is 7. The number of carboxylic acid groups (broad SMARTS) is 1. The predicted molar refractivity (Wildman–Crippen MR) is 109 cm³/mol. The second kappa shape index (κ2) is 10.4. The molecule has 2 aliphatic heterocycles. The van der Waals surface area contributed by atoms with E-state index in [0.29, 0.717) is 38.2 Å². The zero-order chi connectivity index (χ0) is 22.4. The molecule has 1 aromatic carbocycles. The van der Waals surface area contributed by atoms with Gasteiger partial charge in [-0.1, -0.05) is 19.1 Å². The fourth-order valence-electron chi connectivity index (χ4n) is 4.00. The normalized spacial score (nSPS) is 25.4. The van der Waals surface area contributed by atoms with Crippen LogP contribution in [0.5, 0.6) is 0 Å². The number of methoxy groups -OCH3 is 1. The van der Waals surface area contributed by atoms with E-state index < -0.39 is 17.7 Å². The Bertz CT molecular complexity index is 766. The first-order valence-electron chi connectivity index (χ1n) is 10.5. The van der Waals surface area contributed by atoms with Crippen molar-refractivity contribution in [3.8, 4) is 0 Å². The Morgan fingerprint density at radius 2 is 1.97 bits per heavy atom. The molecular weight excluding hydrogens is 409 g/mol. The van der Waals surface area contributed by atoms with E-state index >= 15 is 0 Å². The summed E-state index contributed by atoms with van der Waals surface area (Å²) in [4.78, 5) is 24.2. The third-order valence-electron chi connectivity index (χ3n) is 6.06. The Balaban J connectivity index is 1.50. The average molecular weight is 439 g/mol. The molecule has 3 rings (SSSR count). The zero-order valence-electron chi connectivity index (χ0n) is 17.9. The van der Waals surface area contributed by atoms with Gasteiger partial charge < -0.3 is 29.0 Å². The minimum Gasteiger partial charge on any atom is -0.481 e. The highest BCUT2D eigenvalue weighted by Gasteiger charge is 2.44. The van der Waals surface area contributed by atoms with Gasteiger partial charge in [0.15, 0.2) is 5.79 Å². The minimum absolute atomic E-state index is 0.0381. The fourth-order valence-corrected chi connectivity index (χ4v) is 4.00. The molecule has 172 valence electrons. The number of anilines is 1. The van der Waals surface area contributed by atoms with Crippen molar-refractivity contribution in [3.05, 3.63) is 30.1 Å². The second-order valence-electron chi connectivity index (χ2n) is 8.02. The van der Waals surface area contributed by atoms with Gasteiger partial charge in [0.2, 0.25) is 0 Å². The summed E-state index contributed by atoms with van der Waals surface area (Å²) >= 11 is 0. The number of para-hydroxylation sites is 1. The van der Waals surface area contributed by atoms with Gasteiger partial charge in [-0.2, -0.15) is 0 Å². The van der Waals surface area contributed by atoms with E-state index in [-0.39, 0.29) is 43.4 Å². The number of aliphatic carboxylic acids is 1. The monoisotopic (exact) mass is 439 g/mol. The predicted octanol–water partition coefficient (Wildman–Crippen LogP) is 2.60. The number of carboxylic acids is 1. The molecule has 2 heterocycles. The Hall–Kier alpha value is -2.23. The third-order valence-corrected chi connectivity index (χ3v) is 6.06. The summed E-state index contributed by atoms with van der Waals surface area (Å²) in [5.74, 6) is -2.66. The van der Waals surface area contributed by atoms with Gasteiger partial charge in [-0.05, 0) is 12.1 Å². The highest BCUT2D eigenvalue weighted by molar-refractivity contribution is 5.76. The van der Waals surface area contributed by atoms with Crippen LogP contribution in [-0.2, 0) is 28.5 Å². The van der Waals surface area contributed by atoms with E-state index in [4.69, 9.17) is 24.1 Å². The van der Waals surface area contributed by atoms with Crippen LogP contribution in [0.25, 0.3) is 0 Å². The molecule has 0 radical (unpaired) electrons. The van der Waals surface area contributed by atoms with Gasteiger partial charge in [0.1, 0.15) is 12.4 Å². The SMILES string of the molecule is COC1(OC2COC(COC(=O)CCC(=O)O)C2C)CCN(c2ccccc2F)CC1. The molecule has 31 heavy (non-hydrogen) atoms. The highest BCUT2D eigenvalue weighted by Crippen LogP contribution is 2.35. The smallest absolute Gasteiger partial charge is 0.306 e. The fraction of sp³-hybridized carbons (Fsp3) is 0.636. The third kappa shape index (κ3) is 5.93. The van der Waals surface area contributed by atoms with E-state index in [9.17, 15) is 14.0 Å². The van der Waals surface area contributed by atoms with Crippen molar-refractivity contribution in [2.24, 2.45) is 5.92 Å². The number of hydrogen-bond donors (Lipinski definition) is 1. The summed E-state index contributed by atoms with van der Waals surface area (Å²) in [6, 6.07) is 6.72. The van der Waals surface area contributed by atoms with Crippen molar-refractivity contribution >= 4 is 17.6 Å². The number of halogens is 1. The summed E-state index contributed by atoms with van der Waals surface area (Å²) in [7, 11) is 1.61. The summed E-state index contributed by atoms with van der Waals surface area (Å²) in [6.45, 7) is 3.56. The van der Waals surface area contributed by atoms with Crippen LogP contribution in [0.2, 0.25) is 0 Å². The molecule has 8 nitrogen and oxygen atoms in total. The topological polar surface area (TPSA) is 94.5 Å². The van der Waals surface area contributed by atoms with Crippen LogP contribution in [0.15, 0.2) is 24.3 Å². The summed E-state index contributed by atoms with van der Waals surface area (Å²) < 4.78 is 37.1. The average Bonchev–Trinajstić information content (AvgIpc) is 3.11. The van der Waals surface area contributed by atoms with Gasteiger partial charge in [-0.3, -0.25) is 9.59 Å². The molecule has 0 aliphatic carbocycles. The van der Waals surface area contributed by atoms with E-state index in [1.165, 1.54) is 6.07 Å². The Kier molecular flexibility index (Phi) is 7.85. The zero-order valence-corrected chi connectivity index (χ0v) is 17.9. The Morgan fingerprint density at radius 3 is 2.61 bits per heavy atom. The number of piperidine rings is 1. The molecule has 2 aliphatic rings. The lowest BCUT2D eigenvalue weighted by Gasteiger charge is -2.43. The largest absolute Gasteiger partial charge is 0.481 e. The highest BCUT2D eigenvalue weighted by atomic mass is 19.1. The van der Waals surface area contributed by atoms with Gasteiger partial charge in [0.05, 0.1) is 37.3 Å². The molecule has 2 fully saturated rings. The maximum Gasteiger partial charge on any atom is 0.306 e. The second-order valence-corrected chi connectivity index (χ2v) is 8.02. The lowest BCUT2D eigenvalue weighted by Crippen LogP contribution is -2.50. The lowest BCUT2D eigenvalue weighted by molar-refractivity contribution is -0.259. The molecule has 0 amide bonds. The molecule has 1 N–H and O–H groups in total. The number of carbonyl (C=O) groups is 2. The van der Waals surface area contributed by atoms with Crippen LogP contribution in [-0.4, -0.2) is 68.5 Å². The quantitative estimate of drug-likeness (QED) is 0.464. The standard InChI is InChI=1S/C22H30FNO7/c1-15-18(13-30-21(27)8-7-20(25)26)29-14-19(15)31-22(28-2)9-11-24(12-10-22)17-6-4-3-5-16(17)23/h3-6,15,18-19H,7-14H2,1-2H3,(H,25,26). The first-order chi connectivity index (χ1) is 14.8. The van der Waals surface area contributed by atoms with E-state index in [1.54, 1.807) is 19.2 Å². The Morgan fingerprint density at radius 1 is 1.26 bits per heavy atom. The number of benzene rings is 1. The maximum absolute atomic E-state index is 14.1. The number of ether oxygens (including phenoxy) is 4. The first kappa shape index (κ1) is 23.4. The van der Waals surface area contributed by atoms with Crippen molar-refractivity contribution in [3.63, 3.8) is 0 Å². The number of esters is 1. The number of rotatable bonds is 9. The van der Waals surface area contributed by atoms with E-state index in [2.05, 4.69) is 0 Å². The molecule has 0 spiro atoms. The van der Waals surface area contributed by atoms with E-state index in [0.717, 1.165) is 0 Å². The molecule has 0 aromatic heterocycles. The van der Waals surface area contributed by atoms with Gasteiger partial charge in [-0.15, -0.1) is 0 Å².